The molecule has 5 nitrogen and oxygen atoms in total. The van der Waals surface area contributed by atoms with E-state index in [2.05, 4.69) is 5.32 Å². The molecule has 0 atom stereocenters. The van der Waals surface area contributed by atoms with Gasteiger partial charge in [0.15, 0.2) is 6.61 Å². The molecule has 0 radical (unpaired) electrons. The first kappa shape index (κ1) is 14.6. The second-order valence-electron chi connectivity index (χ2n) is 4.25. The largest absolute Gasteiger partial charge is 0.497 e. The molecule has 21 heavy (non-hydrogen) atoms. The summed E-state index contributed by atoms with van der Waals surface area (Å²) in [4.78, 5) is 11.7. The van der Waals surface area contributed by atoms with Crippen molar-refractivity contribution in [2.24, 2.45) is 0 Å². The molecule has 1 amide bonds. The molecule has 2 aromatic rings. The predicted molar refractivity (Wildman–Crippen MR) is 77.9 cm³/mol. The SMILES string of the molecule is COc1ccc(OCC(=O)Nc2ccc(F)c(N)c2)cc1. The second-order valence-corrected chi connectivity index (χ2v) is 4.25. The number of rotatable bonds is 5. The number of hydrogen-bond acceptors (Lipinski definition) is 4. The Morgan fingerprint density at radius 1 is 1.19 bits per heavy atom. The molecule has 0 aliphatic rings. The van der Waals surface area contributed by atoms with Crippen LogP contribution in [0, 0.1) is 5.82 Å². The highest BCUT2D eigenvalue weighted by atomic mass is 19.1. The zero-order chi connectivity index (χ0) is 15.2. The van der Waals surface area contributed by atoms with Gasteiger partial charge in [0, 0.05) is 5.69 Å². The fraction of sp³-hybridized carbons (Fsp3) is 0.133. The highest BCUT2D eigenvalue weighted by Crippen LogP contribution is 2.18. The molecule has 0 saturated heterocycles. The molecule has 0 aliphatic carbocycles. The summed E-state index contributed by atoms with van der Waals surface area (Å²) in [5.74, 6) is 0.359. The van der Waals surface area contributed by atoms with Crippen LogP contribution >= 0.6 is 0 Å². The average molecular weight is 290 g/mol. The quantitative estimate of drug-likeness (QED) is 0.829. The number of ether oxygens (including phenoxy) is 2. The number of nitrogens with one attached hydrogen (secondary N) is 1. The van der Waals surface area contributed by atoms with E-state index in [0.717, 1.165) is 0 Å². The zero-order valence-corrected chi connectivity index (χ0v) is 11.4. The summed E-state index contributed by atoms with van der Waals surface area (Å²) in [6, 6.07) is 10.8. The van der Waals surface area contributed by atoms with Crippen LogP contribution in [0.15, 0.2) is 42.5 Å². The monoisotopic (exact) mass is 290 g/mol. The van der Waals surface area contributed by atoms with Gasteiger partial charge in [0.25, 0.3) is 5.91 Å². The summed E-state index contributed by atoms with van der Waals surface area (Å²) in [5, 5.41) is 2.57. The molecule has 110 valence electrons. The summed E-state index contributed by atoms with van der Waals surface area (Å²) in [6.45, 7) is -0.163. The lowest BCUT2D eigenvalue weighted by atomic mass is 10.2. The minimum Gasteiger partial charge on any atom is -0.497 e. The molecular formula is C15H15FN2O3. The van der Waals surface area contributed by atoms with Crippen molar-refractivity contribution in [1.29, 1.82) is 0 Å². The molecule has 0 bridgehead atoms. The van der Waals surface area contributed by atoms with E-state index >= 15 is 0 Å². The Hall–Kier alpha value is -2.76. The van der Waals surface area contributed by atoms with E-state index in [0.29, 0.717) is 17.2 Å². The third kappa shape index (κ3) is 4.10. The first-order chi connectivity index (χ1) is 10.1. The Morgan fingerprint density at radius 2 is 1.86 bits per heavy atom. The Morgan fingerprint density at radius 3 is 2.48 bits per heavy atom. The van der Waals surface area contributed by atoms with Crippen molar-refractivity contribution in [2.75, 3.05) is 24.8 Å². The van der Waals surface area contributed by atoms with E-state index in [-0.39, 0.29) is 18.2 Å². The third-order valence-corrected chi connectivity index (χ3v) is 2.71. The van der Waals surface area contributed by atoms with Crippen LogP contribution in [0.4, 0.5) is 15.8 Å². The molecule has 0 heterocycles. The van der Waals surface area contributed by atoms with Crippen molar-refractivity contribution >= 4 is 17.3 Å². The number of nitrogen functional groups attached to an aromatic ring is 1. The maximum Gasteiger partial charge on any atom is 0.262 e. The van der Waals surface area contributed by atoms with Gasteiger partial charge in [-0.1, -0.05) is 0 Å². The van der Waals surface area contributed by atoms with Crippen LogP contribution in [0.3, 0.4) is 0 Å². The van der Waals surface area contributed by atoms with Crippen molar-refractivity contribution in [3.8, 4) is 11.5 Å². The summed E-state index contributed by atoms with van der Waals surface area (Å²) >= 11 is 0. The number of benzene rings is 2. The van der Waals surface area contributed by atoms with E-state index in [1.807, 2.05) is 0 Å². The van der Waals surface area contributed by atoms with Gasteiger partial charge in [-0.15, -0.1) is 0 Å². The van der Waals surface area contributed by atoms with Gasteiger partial charge in [0.05, 0.1) is 12.8 Å². The lowest BCUT2D eigenvalue weighted by Gasteiger charge is -2.08. The van der Waals surface area contributed by atoms with Crippen molar-refractivity contribution in [2.45, 2.75) is 0 Å². The third-order valence-electron chi connectivity index (χ3n) is 2.71. The van der Waals surface area contributed by atoms with Crippen molar-refractivity contribution in [3.63, 3.8) is 0 Å². The zero-order valence-electron chi connectivity index (χ0n) is 11.4. The van der Waals surface area contributed by atoms with E-state index in [1.165, 1.54) is 18.2 Å². The van der Waals surface area contributed by atoms with Gasteiger partial charge in [-0.05, 0) is 42.5 Å². The fourth-order valence-electron chi connectivity index (χ4n) is 1.64. The van der Waals surface area contributed by atoms with Crippen molar-refractivity contribution in [1.82, 2.24) is 0 Å². The van der Waals surface area contributed by atoms with Gasteiger partial charge in [0.2, 0.25) is 0 Å². The summed E-state index contributed by atoms with van der Waals surface area (Å²) in [7, 11) is 1.57. The minimum atomic E-state index is -0.525. The Bertz CT molecular complexity index is 629. The number of carbonyl (C=O) groups excluding carboxylic acids is 1. The van der Waals surface area contributed by atoms with Gasteiger partial charge in [-0.25, -0.2) is 4.39 Å². The molecule has 6 heteroatoms. The fourth-order valence-corrected chi connectivity index (χ4v) is 1.64. The van der Waals surface area contributed by atoms with E-state index < -0.39 is 5.82 Å². The minimum absolute atomic E-state index is 0.0242. The smallest absolute Gasteiger partial charge is 0.262 e. The van der Waals surface area contributed by atoms with Gasteiger partial charge in [-0.2, -0.15) is 0 Å². The van der Waals surface area contributed by atoms with Gasteiger partial charge in [0.1, 0.15) is 17.3 Å². The van der Waals surface area contributed by atoms with Crippen LogP contribution < -0.4 is 20.5 Å². The number of hydrogen-bond donors (Lipinski definition) is 2. The lowest BCUT2D eigenvalue weighted by molar-refractivity contribution is -0.118. The predicted octanol–water partition coefficient (Wildman–Crippen LogP) is 2.43. The molecule has 0 saturated carbocycles. The maximum absolute atomic E-state index is 13.0. The molecule has 2 aromatic carbocycles. The highest BCUT2D eigenvalue weighted by molar-refractivity contribution is 5.92. The molecule has 0 fully saturated rings. The molecule has 0 spiro atoms. The van der Waals surface area contributed by atoms with E-state index in [9.17, 15) is 9.18 Å². The first-order valence-electron chi connectivity index (χ1n) is 6.20. The second kappa shape index (κ2) is 6.60. The topological polar surface area (TPSA) is 73.6 Å². The van der Waals surface area contributed by atoms with Crippen LogP contribution in [0.25, 0.3) is 0 Å². The number of nitrogens with two attached hydrogens (primary N) is 1. The van der Waals surface area contributed by atoms with Crippen LogP contribution in [-0.2, 0) is 4.79 Å². The number of halogens is 1. The summed E-state index contributed by atoms with van der Waals surface area (Å²) in [5.41, 5.74) is 5.81. The molecule has 2 rings (SSSR count). The van der Waals surface area contributed by atoms with Gasteiger partial charge in [-0.3, -0.25) is 4.79 Å². The normalized spacial score (nSPS) is 10.0. The van der Waals surface area contributed by atoms with Crippen molar-refractivity contribution in [3.05, 3.63) is 48.3 Å². The van der Waals surface area contributed by atoms with Crippen LogP contribution in [0.1, 0.15) is 0 Å². The summed E-state index contributed by atoms with van der Waals surface area (Å²) in [6.07, 6.45) is 0. The summed E-state index contributed by atoms with van der Waals surface area (Å²) < 4.78 is 23.3. The molecule has 0 aromatic heterocycles. The Balaban J connectivity index is 1.87. The van der Waals surface area contributed by atoms with Crippen LogP contribution in [0.5, 0.6) is 11.5 Å². The standard InChI is InChI=1S/C15H15FN2O3/c1-20-11-3-5-12(6-4-11)21-9-15(19)18-10-2-7-13(16)14(17)8-10/h2-8H,9,17H2,1H3,(H,18,19). The Labute approximate surface area is 121 Å². The van der Waals surface area contributed by atoms with Gasteiger partial charge >= 0.3 is 0 Å². The van der Waals surface area contributed by atoms with Gasteiger partial charge < -0.3 is 20.5 Å². The molecule has 3 N–H and O–H groups in total. The number of amides is 1. The van der Waals surface area contributed by atoms with Crippen molar-refractivity contribution < 1.29 is 18.7 Å². The Kier molecular flexibility index (Phi) is 4.61. The molecule has 0 unspecified atom stereocenters. The molecule has 0 aliphatic heterocycles. The number of anilines is 2. The van der Waals surface area contributed by atoms with E-state index in [4.69, 9.17) is 15.2 Å². The maximum atomic E-state index is 13.0. The van der Waals surface area contributed by atoms with Crippen LogP contribution in [0.2, 0.25) is 0 Å². The lowest BCUT2D eigenvalue weighted by Crippen LogP contribution is -2.20. The number of carbonyl (C=O) groups is 1. The average Bonchev–Trinajstić information content (AvgIpc) is 2.49. The van der Waals surface area contributed by atoms with Crippen LogP contribution in [-0.4, -0.2) is 19.6 Å². The first-order valence-corrected chi connectivity index (χ1v) is 6.20. The van der Waals surface area contributed by atoms with E-state index in [1.54, 1.807) is 31.4 Å². The number of methoxy groups -OCH3 is 1. The molecular weight excluding hydrogens is 275 g/mol. The highest BCUT2D eigenvalue weighted by Gasteiger charge is 2.06.